The van der Waals surface area contributed by atoms with Crippen LogP contribution in [0, 0.1) is 6.92 Å². The predicted molar refractivity (Wildman–Crippen MR) is 109 cm³/mol. The lowest BCUT2D eigenvalue weighted by Crippen LogP contribution is -2.23. The molecule has 0 aliphatic carbocycles. The highest BCUT2D eigenvalue weighted by atomic mass is 32.1. The molecular formula is C21H22N4OS. The number of nitrogens with zero attached hydrogens (tertiary/aromatic N) is 3. The van der Waals surface area contributed by atoms with Gasteiger partial charge in [0.05, 0.1) is 5.69 Å². The minimum Gasteiger partial charge on any atom is -0.357 e. The van der Waals surface area contributed by atoms with E-state index in [-0.39, 0.29) is 5.91 Å². The van der Waals surface area contributed by atoms with E-state index < -0.39 is 0 Å². The first-order chi connectivity index (χ1) is 13.2. The highest BCUT2D eigenvalue weighted by molar-refractivity contribution is 7.17. The number of aromatic nitrogens is 2. The summed E-state index contributed by atoms with van der Waals surface area (Å²) in [6, 6.07) is 14.0. The number of hydrogen-bond donors (Lipinski definition) is 1. The van der Waals surface area contributed by atoms with Gasteiger partial charge in [0.25, 0.3) is 5.91 Å². The second-order valence-corrected chi connectivity index (χ2v) is 7.70. The topological polar surface area (TPSA) is 58.1 Å². The van der Waals surface area contributed by atoms with Gasteiger partial charge in [-0.05, 0) is 37.5 Å². The Labute approximate surface area is 163 Å². The van der Waals surface area contributed by atoms with E-state index in [0.717, 1.165) is 40.7 Å². The maximum absolute atomic E-state index is 12.7. The third-order valence-electron chi connectivity index (χ3n) is 4.72. The molecule has 2 aromatic heterocycles. The van der Waals surface area contributed by atoms with Crippen molar-refractivity contribution in [2.75, 3.05) is 18.0 Å². The van der Waals surface area contributed by atoms with Crippen molar-refractivity contribution in [1.82, 2.24) is 15.3 Å². The first-order valence-corrected chi connectivity index (χ1v) is 10.0. The molecular weight excluding hydrogens is 356 g/mol. The van der Waals surface area contributed by atoms with Crippen molar-refractivity contribution >= 4 is 23.1 Å². The van der Waals surface area contributed by atoms with Gasteiger partial charge in [-0.1, -0.05) is 30.3 Å². The van der Waals surface area contributed by atoms with Crippen molar-refractivity contribution in [2.45, 2.75) is 26.3 Å². The highest BCUT2D eigenvalue weighted by Gasteiger charge is 2.17. The average molecular weight is 379 g/mol. The van der Waals surface area contributed by atoms with Crippen LogP contribution in [0.15, 0.2) is 48.7 Å². The van der Waals surface area contributed by atoms with Crippen LogP contribution >= 0.6 is 11.3 Å². The Bertz CT molecular complexity index is 932. The Hall–Kier alpha value is -2.73. The number of benzene rings is 1. The predicted octanol–water partition coefficient (Wildman–Crippen LogP) is 4.04. The number of thiazole rings is 1. The fourth-order valence-electron chi connectivity index (χ4n) is 3.26. The molecule has 5 nitrogen and oxygen atoms in total. The number of aryl methyl sites for hydroxylation is 1. The molecule has 0 spiro atoms. The molecule has 1 aliphatic heterocycles. The molecule has 1 amide bonds. The van der Waals surface area contributed by atoms with Crippen molar-refractivity contribution in [1.29, 1.82) is 0 Å². The van der Waals surface area contributed by atoms with Gasteiger partial charge in [-0.15, -0.1) is 11.3 Å². The van der Waals surface area contributed by atoms with Crippen LogP contribution in [0.2, 0.25) is 0 Å². The van der Waals surface area contributed by atoms with Crippen LogP contribution in [-0.2, 0) is 6.54 Å². The van der Waals surface area contributed by atoms with E-state index in [1.54, 1.807) is 0 Å². The SMILES string of the molecule is Cc1nc(-c2ccccc2)sc1C(=O)NCc1ccnc(N2CCCC2)c1. The fraction of sp³-hybridized carbons (Fsp3) is 0.286. The maximum atomic E-state index is 12.7. The van der Waals surface area contributed by atoms with Gasteiger partial charge in [-0.3, -0.25) is 4.79 Å². The van der Waals surface area contributed by atoms with Gasteiger partial charge in [0, 0.05) is 31.4 Å². The Morgan fingerprint density at radius 2 is 1.96 bits per heavy atom. The van der Waals surface area contributed by atoms with Crippen LogP contribution in [-0.4, -0.2) is 29.0 Å². The van der Waals surface area contributed by atoms with E-state index in [0.29, 0.717) is 11.4 Å². The Morgan fingerprint density at radius 3 is 2.74 bits per heavy atom. The monoisotopic (exact) mass is 378 g/mol. The van der Waals surface area contributed by atoms with Crippen molar-refractivity contribution in [3.63, 3.8) is 0 Å². The summed E-state index contributed by atoms with van der Waals surface area (Å²) in [5.41, 5.74) is 2.86. The molecule has 0 saturated carbocycles. The smallest absolute Gasteiger partial charge is 0.263 e. The van der Waals surface area contributed by atoms with Crippen LogP contribution in [0.5, 0.6) is 0 Å². The van der Waals surface area contributed by atoms with Crippen molar-refractivity contribution in [3.8, 4) is 10.6 Å². The second-order valence-electron chi connectivity index (χ2n) is 6.70. The van der Waals surface area contributed by atoms with E-state index in [2.05, 4.69) is 26.3 Å². The number of rotatable bonds is 5. The highest BCUT2D eigenvalue weighted by Crippen LogP contribution is 2.27. The molecule has 138 valence electrons. The van der Waals surface area contributed by atoms with E-state index >= 15 is 0 Å². The molecule has 1 N–H and O–H groups in total. The maximum Gasteiger partial charge on any atom is 0.263 e. The number of amides is 1. The molecule has 0 unspecified atom stereocenters. The zero-order valence-electron chi connectivity index (χ0n) is 15.3. The van der Waals surface area contributed by atoms with Crippen LogP contribution < -0.4 is 10.2 Å². The minimum atomic E-state index is -0.0771. The van der Waals surface area contributed by atoms with Gasteiger partial charge in [0.1, 0.15) is 15.7 Å². The standard InChI is InChI=1S/C21H22N4OS/c1-15-19(27-21(24-15)17-7-3-2-4-8-17)20(26)23-14-16-9-10-22-18(13-16)25-11-5-6-12-25/h2-4,7-10,13H,5-6,11-12,14H2,1H3,(H,23,26). The van der Waals surface area contributed by atoms with Gasteiger partial charge in [0.15, 0.2) is 0 Å². The molecule has 6 heteroatoms. The summed E-state index contributed by atoms with van der Waals surface area (Å²) in [5, 5.41) is 3.90. The summed E-state index contributed by atoms with van der Waals surface area (Å²) in [5.74, 6) is 0.922. The van der Waals surface area contributed by atoms with Crippen molar-refractivity contribution in [2.24, 2.45) is 0 Å². The van der Waals surface area contributed by atoms with Crippen LogP contribution in [0.25, 0.3) is 10.6 Å². The summed E-state index contributed by atoms with van der Waals surface area (Å²) in [6.07, 6.45) is 4.26. The number of carbonyl (C=O) groups is 1. The summed E-state index contributed by atoms with van der Waals surface area (Å²) in [4.78, 5) is 24.7. The molecule has 1 fully saturated rings. The summed E-state index contributed by atoms with van der Waals surface area (Å²) >= 11 is 1.44. The summed E-state index contributed by atoms with van der Waals surface area (Å²) < 4.78 is 0. The third kappa shape index (κ3) is 4.01. The zero-order chi connectivity index (χ0) is 18.6. The first-order valence-electron chi connectivity index (χ1n) is 9.21. The summed E-state index contributed by atoms with van der Waals surface area (Å²) in [7, 11) is 0. The normalized spacial score (nSPS) is 13.7. The lowest BCUT2D eigenvalue weighted by Gasteiger charge is -2.16. The van der Waals surface area contributed by atoms with E-state index in [1.807, 2.05) is 49.5 Å². The molecule has 4 rings (SSSR count). The lowest BCUT2D eigenvalue weighted by molar-refractivity contribution is 0.0954. The van der Waals surface area contributed by atoms with Crippen LogP contribution in [0.4, 0.5) is 5.82 Å². The third-order valence-corrected chi connectivity index (χ3v) is 5.92. The van der Waals surface area contributed by atoms with E-state index in [1.165, 1.54) is 24.2 Å². The van der Waals surface area contributed by atoms with E-state index in [9.17, 15) is 4.79 Å². The lowest BCUT2D eigenvalue weighted by atomic mass is 10.2. The number of anilines is 1. The average Bonchev–Trinajstić information content (AvgIpc) is 3.37. The molecule has 1 aromatic carbocycles. The number of hydrogen-bond acceptors (Lipinski definition) is 5. The Morgan fingerprint density at radius 1 is 1.19 bits per heavy atom. The Balaban J connectivity index is 1.44. The van der Waals surface area contributed by atoms with Crippen molar-refractivity contribution in [3.05, 3.63) is 64.8 Å². The van der Waals surface area contributed by atoms with Gasteiger partial charge in [0.2, 0.25) is 0 Å². The number of carbonyl (C=O) groups excluding carboxylic acids is 1. The van der Waals surface area contributed by atoms with Gasteiger partial charge in [-0.2, -0.15) is 0 Å². The molecule has 1 saturated heterocycles. The van der Waals surface area contributed by atoms with Crippen LogP contribution in [0.1, 0.15) is 33.8 Å². The molecule has 1 aliphatic rings. The number of pyridine rings is 1. The van der Waals surface area contributed by atoms with Gasteiger partial charge in [-0.25, -0.2) is 9.97 Å². The molecule has 0 radical (unpaired) electrons. The second kappa shape index (κ2) is 7.88. The van der Waals surface area contributed by atoms with Crippen molar-refractivity contribution < 1.29 is 4.79 Å². The van der Waals surface area contributed by atoms with Gasteiger partial charge >= 0.3 is 0 Å². The zero-order valence-corrected chi connectivity index (χ0v) is 16.1. The van der Waals surface area contributed by atoms with Gasteiger partial charge < -0.3 is 10.2 Å². The number of nitrogens with one attached hydrogen (secondary N) is 1. The molecule has 3 aromatic rings. The molecule has 3 heterocycles. The fourth-order valence-corrected chi connectivity index (χ4v) is 4.25. The van der Waals surface area contributed by atoms with Crippen LogP contribution in [0.3, 0.4) is 0 Å². The molecule has 0 atom stereocenters. The quantitative estimate of drug-likeness (QED) is 0.728. The first kappa shape index (κ1) is 17.7. The minimum absolute atomic E-state index is 0.0771. The molecule has 0 bridgehead atoms. The summed E-state index contributed by atoms with van der Waals surface area (Å²) in [6.45, 7) is 4.49. The van der Waals surface area contributed by atoms with E-state index in [4.69, 9.17) is 0 Å². The molecule has 27 heavy (non-hydrogen) atoms. The Kier molecular flexibility index (Phi) is 5.16. The largest absolute Gasteiger partial charge is 0.357 e.